The van der Waals surface area contributed by atoms with Gasteiger partial charge in [0.05, 0.1) is 11.4 Å². The van der Waals surface area contributed by atoms with E-state index in [1.54, 1.807) is 30.8 Å². The van der Waals surface area contributed by atoms with E-state index < -0.39 is 0 Å². The lowest BCUT2D eigenvalue weighted by Gasteiger charge is -2.14. The molecule has 0 aromatic carbocycles. The molecule has 1 amide bonds. The van der Waals surface area contributed by atoms with Crippen LogP contribution in [-0.2, 0) is 4.79 Å². The van der Waals surface area contributed by atoms with Gasteiger partial charge in [-0.25, -0.2) is 0 Å². The van der Waals surface area contributed by atoms with Gasteiger partial charge in [0.25, 0.3) is 0 Å². The molecule has 70 valence electrons. The molecule has 1 fully saturated rings. The zero-order chi connectivity index (χ0) is 9.30. The first-order valence-electron chi connectivity index (χ1n) is 4.07. The summed E-state index contributed by atoms with van der Waals surface area (Å²) in [5.74, 6) is 0.114. The van der Waals surface area contributed by atoms with Crippen LogP contribution >= 0.6 is 11.8 Å². The molecule has 12 heavy (non-hydrogen) atoms. The summed E-state index contributed by atoms with van der Waals surface area (Å²) in [4.78, 5) is 13.0. The van der Waals surface area contributed by atoms with Gasteiger partial charge in [0.2, 0.25) is 5.91 Å². The highest BCUT2D eigenvalue weighted by atomic mass is 32.2. The van der Waals surface area contributed by atoms with E-state index in [0.717, 1.165) is 0 Å². The average Bonchev–Trinajstić information content (AvgIpc) is 2.30. The van der Waals surface area contributed by atoms with Crippen molar-refractivity contribution >= 4 is 17.7 Å². The lowest BCUT2D eigenvalue weighted by Crippen LogP contribution is -2.30. The number of aliphatic hydroxyl groups excluding tert-OH is 1. The van der Waals surface area contributed by atoms with Crippen molar-refractivity contribution in [1.82, 2.24) is 4.90 Å². The van der Waals surface area contributed by atoms with Gasteiger partial charge in [-0.1, -0.05) is 6.92 Å². The summed E-state index contributed by atoms with van der Waals surface area (Å²) >= 11 is 1.57. The Morgan fingerprint density at radius 3 is 2.50 bits per heavy atom. The summed E-state index contributed by atoms with van der Waals surface area (Å²) in [5, 5.41) is 9.56. The maximum atomic E-state index is 11.4. The number of amides is 1. The first kappa shape index (κ1) is 9.86. The molecule has 0 aromatic rings. The van der Waals surface area contributed by atoms with Crippen molar-refractivity contribution in [2.24, 2.45) is 0 Å². The van der Waals surface area contributed by atoms with Crippen LogP contribution in [0.25, 0.3) is 0 Å². The van der Waals surface area contributed by atoms with Crippen LogP contribution < -0.4 is 0 Å². The number of carbonyl (C=O) groups excluding carboxylic acids is 1. The number of nitrogens with zero attached hydrogens (tertiary/aromatic N) is 1. The zero-order valence-corrected chi connectivity index (χ0v) is 8.47. The Hall–Kier alpha value is -0.220. The molecule has 0 saturated carbocycles. The van der Waals surface area contributed by atoms with Crippen LogP contribution in [0.2, 0.25) is 0 Å². The Kier molecular flexibility index (Phi) is 3.01. The first-order chi connectivity index (χ1) is 5.52. The molecule has 4 heteroatoms. The van der Waals surface area contributed by atoms with Gasteiger partial charge in [0, 0.05) is 19.3 Å². The molecule has 1 rings (SSSR count). The van der Waals surface area contributed by atoms with E-state index in [-0.39, 0.29) is 22.5 Å². The van der Waals surface area contributed by atoms with E-state index in [4.69, 9.17) is 0 Å². The van der Waals surface area contributed by atoms with Gasteiger partial charge in [-0.15, -0.1) is 11.8 Å². The largest absolute Gasteiger partial charge is 0.392 e. The molecule has 0 bridgehead atoms. The van der Waals surface area contributed by atoms with E-state index in [2.05, 4.69) is 0 Å². The lowest BCUT2D eigenvalue weighted by molar-refractivity contribution is -0.128. The quantitative estimate of drug-likeness (QED) is 0.646. The van der Waals surface area contributed by atoms with Crippen LogP contribution in [0.15, 0.2) is 0 Å². The maximum Gasteiger partial charge on any atom is 0.235 e. The van der Waals surface area contributed by atoms with Crippen LogP contribution in [0.1, 0.15) is 13.3 Å². The highest BCUT2D eigenvalue weighted by molar-refractivity contribution is 8.01. The summed E-state index contributed by atoms with van der Waals surface area (Å²) in [6, 6.07) is 0. The van der Waals surface area contributed by atoms with Gasteiger partial charge in [-0.2, -0.15) is 0 Å². The number of thioether (sulfide) groups is 1. The molecule has 0 aromatic heterocycles. The molecule has 3 nitrogen and oxygen atoms in total. The van der Waals surface area contributed by atoms with E-state index >= 15 is 0 Å². The van der Waals surface area contributed by atoms with Gasteiger partial charge < -0.3 is 10.0 Å². The van der Waals surface area contributed by atoms with Crippen LogP contribution in [0.3, 0.4) is 0 Å². The molecule has 1 aliphatic heterocycles. The normalized spacial score (nSPS) is 35.2. The first-order valence-corrected chi connectivity index (χ1v) is 5.01. The van der Waals surface area contributed by atoms with E-state index in [9.17, 15) is 9.90 Å². The van der Waals surface area contributed by atoms with Gasteiger partial charge in [0.1, 0.15) is 0 Å². The molecule has 0 unspecified atom stereocenters. The van der Waals surface area contributed by atoms with E-state index in [1.807, 2.05) is 6.92 Å². The molecule has 1 N–H and O–H groups in total. The van der Waals surface area contributed by atoms with Gasteiger partial charge in [-0.3, -0.25) is 4.79 Å². The van der Waals surface area contributed by atoms with E-state index in [0.29, 0.717) is 6.42 Å². The summed E-state index contributed by atoms with van der Waals surface area (Å²) in [7, 11) is 3.50. The third-order valence-electron chi connectivity index (χ3n) is 2.09. The average molecular weight is 189 g/mol. The van der Waals surface area contributed by atoms with Crippen LogP contribution in [0.4, 0.5) is 0 Å². The number of rotatable bonds is 1. The topological polar surface area (TPSA) is 40.5 Å². The zero-order valence-electron chi connectivity index (χ0n) is 7.65. The molecule has 0 radical (unpaired) electrons. The van der Waals surface area contributed by atoms with E-state index in [1.165, 1.54) is 0 Å². The Balaban J connectivity index is 2.52. The second-order valence-electron chi connectivity index (χ2n) is 3.37. The fourth-order valence-electron chi connectivity index (χ4n) is 1.26. The van der Waals surface area contributed by atoms with Gasteiger partial charge in [-0.05, 0) is 6.42 Å². The van der Waals surface area contributed by atoms with Gasteiger partial charge in [0.15, 0.2) is 0 Å². The molecule has 0 spiro atoms. The summed E-state index contributed by atoms with van der Waals surface area (Å²) in [5.41, 5.74) is 0. The predicted molar refractivity (Wildman–Crippen MR) is 50.2 cm³/mol. The third kappa shape index (κ3) is 1.93. The molecule has 1 heterocycles. The van der Waals surface area contributed by atoms with Crippen molar-refractivity contribution < 1.29 is 9.90 Å². The molecule has 0 aliphatic carbocycles. The third-order valence-corrected chi connectivity index (χ3v) is 3.56. The van der Waals surface area contributed by atoms with Crippen molar-refractivity contribution in [3.05, 3.63) is 0 Å². The van der Waals surface area contributed by atoms with Crippen molar-refractivity contribution in [2.45, 2.75) is 29.9 Å². The molecule has 3 atom stereocenters. The summed E-state index contributed by atoms with van der Waals surface area (Å²) in [6.07, 6.45) is 0.284. The number of hydrogen-bond donors (Lipinski definition) is 1. The lowest BCUT2D eigenvalue weighted by atomic mass is 10.1. The second kappa shape index (κ2) is 3.66. The fourth-order valence-corrected chi connectivity index (χ4v) is 2.71. The number of aliphatic hydroxyl groups is 1. The standard InChI is InChI=1S/C8H15NO2S/c1-5-6(10)4-7(12-5)8(11)9(2)3/h5-7,10H,4H2,1-3H3/t5-,6+,7-/m1/s1. The van der Waals surface area contributed by atoms with Crippen molar-refractivity contribution in [1.29, 1.82) is 0 Å². The molecule has 1 saturated heterocycles. The minimum atomic E-state index is -0.316. The summed E-state index contributed by atoms with van der Waals surface area (Å²) in [6.45, 7) is 1.96. The number of carbonyl (C=O) groups is 1. The highest BCUT2D eigenvalue weighted by Crippen LogP contribution is 2.34. The molecular weight excluding hydrogens is 174 g/mol. The minimum Gasteiger partial charge on any atom is -0.392 e. The number of hydrogen-bond acceptors (Lipinski definition) is 3. The maximum absolute atomic E-state index is 11.4. The molecule has 1 aliphatic rings. The Morgan fingerprint density at radius 1 is 1.58 bits per heavy atom. The van der Waals surface area contributed by atoms with Crippen LogP contribution in [-0.4, -0.2) is 46.6 Å². The smallest absolute Gasteiger partial charge is 0.235 e. The van der Waals surface area contributed by atoms with Gasteiger partial charge >= 0.3 is 0 Å². The monoisotopic (exact) mass is 189 g/mol. The SMILES string of the molecule is C[C@H]1S[C@@H](C(=O)N(C)C)C[C@@H]1O. The van der Waals surface area contributed by atoms with Crippen molar-refractivity contribution in [2.75, 3.05) is 14.1 Å². The summed E-state index contributed by atoms with van der Waals surface area (Å²) < 4.78 is 0. The van der Waals surface area contributed by atoms with Crippen LogP contribution in [0, 0.1) is 0 Å². The minimum absolute atomic E-state index is 0.0370. The Morgan fingerprint density at radius 2 is 2.17 bits per heavy atom. The Bertz CT molecular complexity index is 174. The second-order valence-corrected chi connectivity index (χ2v) is 4.95. The Labute approximate surface area is 77.1 Å². The fraction of sp³-hybridized carbons (Fsp3) is 0.875. The predicted octanol–water partition coefficient (Wildman–Crippen LogP) is 0.329. The van der Waals surface area contributed by atoms with Crippen molar-refractivity contribution in [3.8, 4) is 0 Å². The highest BCUT2D eigenvalue weighted by Gasteiger charge is 2.35. The van der Waals surface area contributed by atoms with Crippen molar-refractivity contribution in [3.63, 3.8) is 0 Å². The van der Waals surface area contributed by atoms with Crippen LogP contribution in [0.5, 0.6) is 0 Å². The molecular formula is C8H15NO2S.